The summed E-state index contributed by atoms with van der Waals surface area (Å²) >= 11 is 0. The highest BCUT2D eigenvalue weighted by Gasteiger charge is 2.40. The van der Waals surface area contributed by atoms with Gasteiger partial charge < -0.3 is 5.11 Å². The van der Waals surface area contributed by atoms with Gasteiger partial charge in [0.15, 0.2) is 0 Å². The van der Waals surface area contributed by atoms with Crippen molar-refractivity contribution >= 4 is 0 Å². The van der Waals surface area contributed by atoms with E-state index in [1.165, 1.54) is 6.07 Å². The van der Waals surface area contributed by atoms with Gasteiger partial charge in [0.1, 0.15) is 0 Å². The molecule has 1 aliphatic rings. The van der Waals surface area contributed by atoms with E-state index in [4.69, 9.17) is 0 Å². The van der Waals surface area contributed by atoms with Gasteiger partial charge in [0.25, 0.3) is 0 Å². The van der Waals surface area contributed by atoms with Crippen molar-refractivity contribution < 1.29 is 18.3 Å². The lowest BCUT2D eigenvalue weighted by atomic mass is 9.70. The topological polar surface area (TPSA) is 20.2 Å². The van der Waals surface area contributed by atoms with Crippen molar-refractivity contribution in [2.24, 2.45) is 5.92 Å². The smallest absolute Gasteiger partial charge is 0.385 e. The maximum atomic E-state index is 12.8. The Balaban J connectivity index is 2.39. The van der Waals surface area contributed by atoms with Crippen molar-refractivity contribution in [1.82, 2.24) is 0 Å². The van der Waals surface area contributed by atoms with Gasteiger partial charge in [-0.3, -0.25) is 0 Å². The van der Waals surface area contributed by atoms with Crippen LogP contribution in [0.3, 0.4) is 0 Å². The second-order valence-corrected chi connectivity index (χ2v) is 5.35. The van der Waals surface area contributed by atoms with Crippen LogP contribution in [0.25, 0.3) is 0 Å². The van der Waals surface area contributed by atoms with Crippen LogP contribution in [0.5, 0.6) is 0 Å². The Morgan fingerprint density at radius 3 is 2.68 bits per heavy atom. The molecule has 4 heteroatoms. The molecule has 106 valence electrons. The molecule has 1 aromatic carbocycles. The minimum absolute atomic E-state index is 0.0460. The van der Waals surface area contributed by atoms with Crippen LogP contribution in [0.2, 0.25) is 0 Å². The minimum Gasteiger partial charge on any atom is -0.385 e. The van der Waals surface area contributed by atoms with Gasteiger partial charge in [-0.25, -0.2) is 0 Å². The molecule has 2 unspecified atom stereocenters. The van der Waals surface area contributed by atoms with E-state index in [1.54, 1.807) is 6.07 Å². The molecular formula is C15H19F3O. The maximum absolute atomic E-state index is 12.8. The molecule has 1 aromatic rings. The summed E-state index contributed by atoms with van der Waals surface area (Å²) in [5.74, 6) is 0.0460. The monoisotopic (exact) mass is 272 g/mol. The lowest BCUT2D eigenvalue weighted by molar-refractivity contribution is -0.138. The van der Waals surface area contributed by atoms with E-state index in [-0.39, 0.29) is 5.92 Å². The Bertz CT molecular complexity index is 441. The number of hydrogen-bond donors (Lipinski definition) is 1. The van der Waals surface area contributed by atoms with Crippen LogP contribution < -0.4 is 0 Å². The molecule has 1 nitrogen and oxygen atoms in total. The average Bonchev–Trinajstić information content (AvgIpc) is 2.38. The van der Waals surface area contributed by atoms with Crippen LogP contribution in [0.4, 0.5) is 13.2 Å². The van der Waals surface area contributed by atoms with E-state index in [1.807, 2.05) is 6.92 Å². The lowest BCUT2D eigenvalue weighted by Gasteiger charge is -2.40. The van der Waals surface area contributed by atoms with Crippen LogP contribution in [0, 0.1) is 5.92 Å². The fraction of sp³-hybridized carbons (Fsp3) is 0.600. The van der Waals surface area contributed by atoms with Crippen molar-refractivity contribution in [3.05, 3.63) is 35.4 Å². The number of halogens is 3. The summed E-state index contributed by atoms with van der Waals surface area (Å²) < 4.78 is 38.3. The summed E-state index contributed by atoms with van der Waals surface area (Å²) in [6.07, 6.45) is -0.241. The summed E-state index contributed by atoms with van der Waals surface area (Å²) in [6.45, 7) is 1.98. The molecule has 1 saturated carbocycles. The Kier molecular flexibility index (Phi) is 3.90. The number of hydrogen-bond acceptors (Lipinski definition) is 1. The number of aliphatic hydroxyl groups is 1. The summed E-state index contributed by atoms with van der Waals surface area (Å²) in [5, 5.41) is 10.8. The van der Waals surface area contributed by atoms with Gasteiger partial charge in [-0.1, -0.05) is 38.3 Å². The molecule has 0 radical (unpaired) electrons. The Morgan fingerprint density at radius 1 is 1.32 bits per heavy atom. The third kappa shape index (κ3) is 2.78. The highest BCUT2D eigenvalue weighted by molar-refractivity contribution is 5.31. The Morgan fingerprint density at radius 2 is 2.05 bits per heavy atom. The van der Waals surface area contributed by atoms with Gasteiger partial charge >= 0.3 is 6.18 Å². The molecule has 2 atom stereocenters. The quantitative estimate of drug-likeness (QED) is 0.840. The molecule has 0 aliphatic heterocycles. The van der Waals surface area contributed by atoms with Crippen LogP contribution in [0.1, 0.15) is 50.2 Å². The highest BCUT2D eigenvalue weighted by Crippen LogP contribution is 2.44. The second-order valence-electron chi connectivity index (χ2n) is 5.35. The second kappa shape index (κ2) is 5.16. The third-order valence-electron chi connectivity index (χ3n) is 4.22. The van der Waals surface area contributed by atoms with Crippen LogP contribution in [-0.4, -0.2) is 5.11 Å². The first-order valence-electron chi connectivity index (χ1n) is 6.78. The van der Waals surface area contributed by atoms with Gasteiger partial charge in [0, 0.05) is 0 Å². The SMILES string of the molecule is CCC1CCCCC1(O)c1cccc(C(F)(F)F)c1. The van der Waals surface area contributed by atoms with Crippen LogP contribution in [0.15, 0.2) is 24.3 Å². The lowest BCUT2D eigenvalue weighted by Crippen LogP contribution is -2.37. The first-order chi connectivity index (χ1) is 8.88. The molecule has 1 aliphatic carbocycles. The Hall–Kier alpha value is -1.03. The van der Waals surface area contributed by atoms with E-state index in [0.717, 1.165) is 37.8 Å². The summed E-state index contributed by atoms with van der Waals surface area (Å²) in [4.78, 5) is 0. The molecule has 19 heavy (non-hydrogen) atoms. The minimum atomic E-state index is -4.36. The van der Waals surface area contributed by atoms with Crippen molar-refractivity contribution in [3.8, 4) is 0 Å². The van der Waals surface area contributed by atoms with Gasteiger partial charge in [-0.2, -0.15) is 13.2 Å². The molecular weight excluding hydrogens is 253 g/mol. The molecule has 0 heterocycles. The fourth-order valence-corrected chi connectivity index (χ4v) is 3.11. The average molecular weight is 272 g/mol. The predicted molar refractivity (Wildman–Crippen MR) is 67.6 cm³/mol. The number of rotatable bonds is 2. The maximum Gasteiger partial charge on any atom is 0.416 e. The largest absolute Gasteiger partial charge is 0.416 e. The van der Waals surface area contributed by atoms with E-state index in [9.17, 15) is 18.3 Å². The molecule has 0 saturated heterocycles. The van der Waals surface area contributed by atoms with Gasteiger partial charge in [-0.05, 0) is 36.5 Å². The number of benzene rings is 1. The molecule has 0 spiro atoms. The van der Waals surface area contributed by atoms with Crippen LogP contribution in [-0.2, 0) is 11.8 Å². The van der Waals surface area contributed by atoms with E-state index in [2.05, 4.69) is 0 Å². The van der Waals surface area contributed by atoms with Crippen molar-refractivity contribution in [1.29, 1.82) is 0 Å². The summed E-state index contributed by atoms with van der Waals surface area (Å²) in [7, 11) is 0. The van der Waals surface area contributed by atoms with Crippen molar-refractivity contribution in [2.45, 2.75) is 50.8 Å². The predicted octanol–water partition coefficient (Wildman–Crippen LogP) is 4.49. The molecule has 1 fully saturated rings. The van der Waals surface area contributed by atoms with E-state index in [0.29, 0.717) is 12.0 Å². The highest BCUT2D eigenvalue weighted by atomic mass is 19.4. The van der Waals surface area contributed by atoms with E-state index >= 15 is 0 Å². The number of alkyl halides is 3. The van der Waals surface area contributed by atoms with E-state index < -0.39 is 17.3 Å². The zero-order chi connectivity index (χ0) is 14.1. The zero-order valence-electron chi connectivity index (χ0n) is 11.0. The molecule has 0 aromatic heterocycles. The molecule has 1 N–H and O–H groups in total. The molecule has 0 bridgehead atoms. The first-order valence-corrected chi connectivity index (χ1v) is 6.78. The van der Waals surface area contributed by atoms with Gasteiger partial charge in [0.05, 0.1) is 11.2 Å². The fourth-order valence-electron chi connectivity index (χ4n) is 3.11. The van der Waals surface area contributed by atoms with Crippen molar-refractivity contribution in [3.63, 3.8) is 0 Å². The van der Waals surface area contributed by atoms with Gasteiger partial charge in [-0.15, -0.1) is 0 Å². The first kappa shape index (κ1) is 14.4. The van der Waals surface area contributed by atoms with Crippen molar-refractivity contribution in [2.75, 3.05) is 0 Å². The normalized spacial score (nSPS) is 28.4. The Labute approximate surface area is 111 Å². The summed E-state index contributed by atoms with van der Waals surface area (Å²) in [5.41, 5.74) is -1.37. The van der Waals surface area contributed by atoms with Gasteiger partial charge in [0.2, 0.25) is 0 Å². The third-order valence-corrected chi connectivity index (χ3v) is 4.22. The zero-order valence-corrected chi connectivity index (χ0v) is 11.0. The summed E-state index contributed by atoms with van der Waals surface area (Å²) in [6, 6.07) is 5.16. The standard InChI is InChI=1S/C15H19F3O/c1-2-11-6-3-4-9-14(11,19)12-7-5-8-13(10-12)15(16,17)18/h5,7-8,10-11,19H,2-4,6,9H2,1H3. The molecule has 2 rings (SSSR count). The molecule has 0 amide bonds. The van der Waals surface area contributed by atoms with Crippen LogP contribution >= 0.6 is 0 Å².